The van der Waals surface area contributed by atoms with Crippen LogP contribution in [0.1, 0.15) is 54.4 Å². The van der Waals surface area contributed by atoms with Crippen LogP contribution in [0.3, 0.4) is 0 Å². The second kappa shape index (κ2) is 7.84. The van der Waals surface area contributed by atoms with E-state index >= 15 is 0 Å². The average Bonchev–Trinajstić information content (AvgIpc) is 2.75. The maximum Gasteiger partial charge on any atom is 0.498 e. The van der Waals surface area contributed by atoms with E-state index in [0.717, 1.165) is 12.8 Å². The molecular formula is C18H29BN2O5. The highest BCUT2D eigenvalue weighted by atomic mass is 16.7. The molecule has 2 rings (SSSR count). The van der Waals surface area contributed by atoms with E-state index in [1.54, 1.807) is 6.07 Å². The fraction of sp³-hybridized carbons (Fsp3) is 0.667. The van der Waals surface area contributed by atoms with Crippen molar-refractivity contribution >= 4 is 24.0 Å². The Labute approximate surface area is 155 Å². The van der Waals surface area contributed by atoms with Crippen LogP contribution in [0.4, 0.5) is 11.4 Å². The lowest BCUT2D eigenvalue weighted by Gasteiger charge is -2.32. The van der Waals surface area contributed by atoms with Gasteiger partial charge in [0.2, 0.25) is 0 Å². The minimum atomic E-state index is -0.718. The monoisotopic (exact) mass is 364 g/mol. The van der Waals surface area contributed by atoms with Gasteiger partial charge in [0.1, 0.15) is 11.4 Å². The number of ether oxygens (including phenoxy) is 1. The zero-order valence-electron chi connectivity index (χ0n) is 16.5. The van der Waals surface area contributed by atoms with Crippen molar-refractivity contribution < 1.29 is 19.0 Å². The minimum Gasteiger partial charge on any atom is -0.494 e. The summed E-state index contributed by atoms with van der Waals surface area (Å²) in [6, 6.07) is 3.18. The van der Waals surface area contributed by atoms with E-state index in [-0.39, 0.29) is 5.69 Å². The van der Waals surface area contributed by atoms with Crippen molar-refractivity contribution in [1.82, 2.24) is 0 Å². The number of rotatable bonds is 8. The van der Waals surface area contributed by atoms with Gasteiger partial charge in [0.05, 0.1) is 22.7 Å². The maximum atomic E-state index is 11.6. The van der Waals surface area contributed by atoms with Gasteiger partial charge in [-0.2, -0.15) is 0 Å². The van der Waals surface area contributed by atoms with Gasteiger partial charge in [-0.1, -0.05) is 13.3 Å². The molecule has 0 radical (unpaired) electrons. The van der Waals surface area contributed by atoms with Gasteiger partial charge < -0.3 is 19.4 Å². The number of unbranched alkanes of at least 4 members (excludes halogenated alkanes) is 1. The molecule has 1 aromatic rings. The Bertz CT molecular complexity index is 647. The van der Waals surface area contributed by atoms with E-state index in [1.807, 2.05) is 34.6 Å². The third-order valence-electron chi connectivity index (χ3n) is 4.98. The Morgan fingerprint density at radius 1 is 1.19 bits per heavy atom. The van der Waals surface area contributed by atoms with Gasteiger partial charge in [0, 0.05) is 24.1 Å². The summed E-state index contributed by atoms with van der Waals surface area (Å²) in [5, 5.41) is 14.7. The Balaban J connectivity index is 2.45. The molecule has 1 aliphatic rings. The number of benzene rings is 1. The van der Waals surface area contributed by atoms with Crippen LogP contribution in [0.2, 0.25) is 0 Å². The first-order valence-electron chi connectivity index (χ1n) is 9.17. The van der Waals surface area contributed by atoms with Crippen LogP contribution in [0.15, 0.2) is 12.1 Å². The molecule has 1 saturated heterocycles. The SMILES string of the molecule is CCCCNc1cc(OCC)c(B2OC(C)(C)C(C)(C)O2)cc1[N+](=O)[O-]. The van der Waals surface area contributed by atoms with Gasteiger partial charge in [-0.3, -0.25) is 10.1 Å². The highest BCUT2D eigenvalue weighted by molar-refractivity contribution is 6.63. The van der Waals surface area contributed by atoms with Gasteiger partial charge in [-0.25, -0.2) is 0 Å². The van der Waals surface area contributed by atoms with Gasteiger partial charge in [-0.05, 0) is 41.0 Å². The lowest BCUT2D eigenvalue weighted by Crippen LogP contribution is -2.41. The van der Waals surface area contributed by atoms with Crippen molar-refractivity contribution in [3.63, 3.8) is 0 Å². The van der Waals surface area contributed by atoms with Gasteiger partial charge in [-0.15, -0.1) is 0 Å². The molecule has 144 valence electrons. The zero-order valence-corrected chi connectivity index (χ0v) is 16.5. The van der Waals surface area contributed by atoms with E-state index in [4.69, 9.17) is 14.0 Å². The molecule has 0 aliphatic carbocycles. The quantitative estimate of drug-likeness (QED) is 0.329. The number of nitrogens with zero attached hydrogens (tertiary/aromatic N) is 1. The van der Waals surface area contributed by atoms with E-state index < -0.39 is 23.2 Å². The van der Waals surface area contributed by atoms with Crippen LogP contribution in [-0.4, -0.2) is 36.4 Å². The summed E-state index contributed by atoms with van der Waals surface area (Å²) < 4.78 is 17.9. The zero-order chi connectivity index (χ0) is 19.5. The van der Waals surface area contributed by atoms with Crippen molar-refractivity contribution in [3.8, 4) is 5.75 Å². The van der Waals surface area contributed by atoms with Crippen LogP contribution >= 0.6 is 0 Å². The Kier molecular flexibility index (Phi) is 6.19. The molecule has 1 fully saturated rings. The fourth-order valence-corrected chi connectivity index (χ4v) is 2.71. The molecule has 1 aromatic carbocycles. The van der Waals surface area contributed by atoms with Gasteiger partial charge >= 0.3 is 7.12 Å². The third kappa shape index (κ3) is 4.12. The van der Waals surface area contributed by atoms with Crippen molar-refractivity contribution in [1.29, 1.82) is 0 Å². The second-order valence-electron chi connectivity index (χ2n) is 7.47. The summed E-state index contributed by atoms with van der Waals surface area (Å²) in [5.41, 5.74) is -0.0817. The number of hydrogen-bond donors (Lipinski definition) is 1. The molecule has 1 heterocycles. The van der Waals surface area contributed by atoms with Crippen molar-refractivity contribution in [3.05, 3.63) is 22.2 Å². The molecule has 0 unspecified atom stereocenters. The van der Waals surface area contributed by atoms with Crippen molar-refractivity contribution in [2.45, 2.75) is 65.6 Å². The molecule has 0 bridgehead atoms. The standard InChI is InChI=1S/C18H29BN2O5/c1-7-9-10-20-14-12-16(24-8-2)13(11-15(14)21(22)23)19-25-17(3,4)18(5,6)26-19/h11-12,20H,7-10H2,1-6H3. The molecule has 0 amide bonds. The smallest absolute Gasteiger partial charge is 0.494 e. The molecule has 0 spiro atoms. The summed E-state index contributed by atoms with van der Waals surface area (Å²) in [4.78, 5) is 11.2. The van der Waals surface area contributed by atoms with Crippen molar-refractivity contribution in [2.75, 3.05) is 18.5 Å². The predicted molar refractivity (Wildman–Crippen MR) is 103 cm³/mol. The van der Waals surface area contributed by atoms with Crippen LogP contribution in [0.5, 0.6) is 5.75 Å². The highest BCUT2D eigenvalue weighted by Crippen LogP contribution is 2.38. The summed E-state index contributed by atoms with van der Waals surface area (Å²) in [6.07, 6.45) is 1.94. The number of nitro groups is 1. The first-order chi connectivity index (χ1) is 12.1. The van der Waals surface area contributed by atoms with Crippen LogP contribution < -0.4 is 15.5 Å². The fourth-order valence-electron chi connectivity index (χ4n) is 2.71. The Morgan fingerprint density at radius 3 is 2.31 bits per heavy atom. The lowest BCUT2D eigenvalue weighted by atomic mass is 9.77. The number of anilines is 1. The maximum absolute atomic E-state index is 11.6. The molecule has 26 heavy (non-hydrogen) atoms. The largest absolute Gasteiger partial charge is 0.498 e. The Morgan fingerprint density at radius 2 is 1.81 bits per heavy atom. The lowest BCUT2D eigenvalue weighted by molar-refractivity contribution is -0.383. The van der Waals surface area contributed by atoms with Crippen molar-refractivity contribution in [2.24, 2.45) is 0 Å². The molecule has 0 atom stereocenters. The minimum absolute atomic E-state index is 0.00531. The van der Waals surface area contributed by atoms with Crippen LogP contribution in [0, 0.1) is 10.1 Å². The summed E-state index contributed by atoms with van der Waals surface area (Å²) in [7, 11) is -0.718. The number of nitro benzene ring substituents is 1. The molecule has 1 N–H and O–H groups in total. The average molecular weight is 364 g/mol. The number of nitrogens with one attached hydrogen (secondary N) is 1. The summed E-state index contributed by atoms with van der Waals surface area (Å²) in [5.74, 6) is 0.538. The highest BCUT2D eigenvalue weighted by Gasteiger charge is 2.53. The van der Waals surface area contributed by atoms with Crippen LogP contribution in [0.25, 0.3) is 0 Å². The Hall–Kier alpha value is -1.80. The van der Waals surface area contributed by atoms with E-state index in [0.29, 0.717) is 30.1 Å². The first kappa shape index (κ1) is 20.5. The second-order valence-corrected chi connectivity index (χ2v) is 7.47. The molecule has 8 heteroatoms. The van der Waals surface area contributed by atoms with E-state index in [9.17, 15) is 10.1 Å². The molecule has 0 saturated carbocycles. The van der Waals surface area contributed by atoms with Gasteiger partial charge in [0.25, 0.3) is 5.69 Å². The molecule has 7 nitrogen and oxygen atoms in total. The summed E-state index contributed by atoms with van der Waals surface area (Å²) in [6.45, 7) is 12.8. The molecule has 0 aromatic heterocycles. The van der Waals surface area contributed by atoms with E-state index in [2.05, 4.69) is 12.2 Å². The summed E-state index contributed by atoms with van der Waals surface area (Å²) >= 11 is 0. The normalized spacial score (nSPS) is 18.0. The first-order valence-corrected chi connectivity index (χ1v) is 9.17. The topological polar surface area (TPSA) is 82.9 Å². The van der Waals surface area contributed by atoms with Crippen LogP contribution in [-0.2, 0) is 9.31 Å². The number of hydrogen-bond acceptors (Lipinski definition) is 6. The van der Waals surface area contributed by atoms with Gasteiger partial charge in [0.15, 0.2) is 0 Å². The predicted octanol–water partition coefficient (Wildman–Crippen LogP) is 3.50. The third-order valence-corrected chi connectivity index (χ3v) is 4.98. The molecular weight excluding hydrogens is 335 g/mol. The molecule has 1 aliphatic heterocycles. The van der Waals surface area contributed by atoms with E-state index in [1.165, 1.54) is 6.07 Å².